The zero-order valence-electron chi connectivity index (χ0n) is 10.7. The van der Waals surface area contributed by atoms with Crippen LogP contribution in [0.2, 0.25) is 0 Å². The van der Waals surface area contributed by atoms with Crippen LogP contribution in [0.1, 0.15) is 29.6 Å². The van der Waals surface area contributed by atoms with E-state index in [0.29, 0.717) is 17.4 Å². The van der Waals surface area contributed by atoms with Crippen LogP contribution in [-0.2, 0) is 0 Å². The Labute approximate surface area is 111 Å². The summed E-state index contributed by atoms with van der Waals surface area (Å²) in [4.78, 5) is 16.2. The molecular weight excluding hydrogens is 240 g/mol. The Morgan fingerprint density at radius 1 is 1.26 bits per heavy atom. The van der Waals surface area contributed by atoms with Crippen LogP contribution in [-0.4, -0.2) is 16.9 Å². The average molecular weight is 258 g/mol. The van der Waals surface area contributed by atoms with Crippen LogP contribution < -0.4 is 16.6 Å². The summed E-state index contributed by atoms with van der Waals surface area (Å²) in [6.07, 6.45) is 5.71. The Hall–Kier alpha value is -1.62. The summed E-state index contributed by atoms with van der Waals surface area (Å²) in [5.74, 6) is 9.10. The highest BCUT2D eigenvalue weighted by molar-refractivity contribution is 5.94. The summed E-state index contributed by atoms with van der Waals surface area (Å²) < 4.78 is 0. The first-order valence-electron chi connectivity index (χ1n) is 7.01. The lowest BCUT2D eigenvalue weighted by atomic mass is 10.0. The number of carbonyl (C=O) groups is 1. The molecule has 1 aromatic rings. The summed E-state index contributed by atoms with van der Waals surface area (Å²) >= 11 is 0. The first-order chi connectivity index (χ1) is 9.28. The zero-order valence-corrected chi connectivity index (χ0v) is 10.7. The second kappa shape index (κ2) is 3.93. The summed E-state index contributed by atoms with van der Waals surface area (Å²) in [5, 5.41) is 3.18. The minimum Gasteiger partial charge on any atom is -0.349 e. The molecule has 0 aliphatic heterocycles. The number of nitrogens with zero attached hydrogens (tertiary/aromatic N) is 1. The molecule has 3 aliphatic rings. The topological polar surface area (TPSA) is 80.0 Å². The third-order valence-electron chi connectivity index (χ3n) is 5.21. The number of nitrogen functional groups attached to an aromatic ring is 1. The maximum atomic E-state index is 12.2. The van der Waals surface area contributed by atoms with Gasteiger partial charge in [-0.15, -0.1) is 0 Å². The van der Waals surface area contributed by atoms with Crippen LogP contribution in [0.15, 0.2) is 18.3 Å². The van der Waals surface area contributed by atoms with Gasteiger partial charge < -0.3 is 10.7 Å². The highest BCUT2D eigenvalue weighted by Crippen LogP contribution is 2.65. The number of amides is 1. The molecular formula is C14H18N4O. The van der Waals surface area contributed by atoms with Crippen LogP contribution in [0, 0.1) is 23.7 Å². The van der Waals surface area contributed by atoms with Gasteiger partial charge in [0.05, 0.1) is 5.56 Å². The number of aromatic nitrogens is 1. The SMILES string of the molecule is NNc1ccc(C(=O)NC2C3C4CCC(C4)C23)cn1. The van der Waals surface area contributed by atoms with E-state index in [9.17, 15) is 4.79 Å². The number of hydrogen-bond donors (Lipinski definition) is 3. The van der Waals surface area contributed by atoms with Crippen LogP contribution in [0.25, 0.3) is 0 Å². The fraction of sp³-hybridized carbons (Fsp3) is 0.571. The smallest absolute Gasteiger partial charge is 0.253 e. The number of fused-ring (bicyclic) bond motifs is 5. The molecule has 0 spiro atoms. The first kappa shape index (κ1) is 11.2. The van der Waals surface area contributed by atoms with E-state index in [1.807, 2.05) is 0 Å². The molecule has 4 rings (SSSR count). The number of carbonyl (C=O) groups excluding carboxylic acids is 1. The van der Waals surface area contributed by atoms with Crippen molar-refractivity contribution in [1.29, 1.82) is 0 Å². The van der Waals surface area contributed by atoms with Gasteiger partial charge in [-0.2, -0.15) is 0 Å². The third-order valence-corrected chi connectivity index (χ3v) is 5.21. The van der Waals surface area contributed by atoms with Crippen LogP contribution in [0.5, 0.6) is 0 Å². The Bertz CT molecular complexity index is 499. The molecule has 1 amide bonds. The Kier molecular flexibility index (Phi) is 2.33. The normalized spacial score (nSPS) is 37.8. The maximum absolute atomic E-state index is 12.2. The quantitative estimate of drug-likeness (QED) is 0.561. The molecule has 1 heterocycles. The number of hydrogen-bond acceptors (Lipinski definition) is 4. The Morgan fingerprint density at radius 2 is 2.00 bits per heavy atom. The molecule has 3 fully saturated rings. The molecule has 4 unspecified atom stereocenters. The van der Waals surface area contributed by atoms with Gasteiger partial charge in [0.25, 0.3) is 5.91 Å². The van der Waals surface area contributed by atoms with Crippen molar-refractivity contribution in [1.82, 2.24) is 10.3 Å². The van der Waals surface area contributed by atoms with Gasteiger partial charge in [-0.1, -0.05) is 0 Å². The Balaban J connectivity index is 1.42. The Morgan fingerprint density at radius 3 is 2.58 bits per heavy atom. The summed E-state index contributed by atoms with van der Waals surface area (Å²) in [7, 11) is 0. The summed E-state index contributed by atoms with van der Waals surface area (Å²) in [6, 6.07) is 3.89. The number of hydrazine groups is 1. The van der Waals surface area contributed by atoms with E-state index in [1.165, 1.54) is 19.3 Å². The van der Waals surface area contributed by atoms with Crippen molar-refractivity contribution in [3.8, 4) is 0 Å². The van der Waals surface area contributed by atoms with Crippen LogP contribution in [0.4, 0.5) is 5.82 Å². The number of nitrogens with one attached hydrogen (secondary N) is 2. The van der Waals surface area contributed by atoms with Crippen molar-refractivity contribution in [3.05, 3.63) is 23.9 Å². The van der Waals surface area contributed by atoms with Crippen LogP contribution in [0.3, 0.4) is 0 Å². The van der Waals surface area contributed by atoms with Crippen molar-refractivity contribution in [2.45, 2.75) is 25.3 Å². The predicted molar refractivity (Wildman–Crippen MR) is 71.1 cm³/mol. The molecule has 1 aromatic heterocycles. The molecule has 4 N–H and O–H groups in total. The van der Waals surface area contributed by atoms with Crippen molar-refractivity contribution in [2.24, 2.45) is 29.5 Å². The van der Waals surface area contributed by atoms with Crippen molar-refractivity contribution in [3.63, 3.8) is 0 Å². The third kappa shape index (κ3) is 1.64. The minimum atomic E-state index is -0.00475. The molecule has 100 valence electrons. The number of nitrogens with two attached hydrogens (primary N) is 1. The molecule has 0 radical (unpaired) electrons. The van der Waals surface area contributed by atoms with Gasteiger partial charge in [0.15, 0.2) is 0 Å². The molecule has 2 bridgehead atoms. The number of pyridine rings is 1. The van der Waals surface area contributed by atoms with Crippen molar-refractivity contribution >= 4 is 11.7 Å². The molecule has 5 heteroatoms. The second-order valence-electron chi connectivity index (χ2n) is 6.06. The van der Waals surface area contributed by atoms with Gasteiger partial charge in [-0.05, 0) is 55.1 Å². The number of rotatable bonds is 3. The molecule has 0 saturated heterocycles. The van der Waals surface area contributed by atoms with Gasteiger partial charge >= 0.3 is 0 Å². The fourth-order valence-corrected chi connectivity index (χ4v) is 4.37. The fourth-order valence-electron chi connectivity index (χ4n) is 4.37. The van der Waals surface area contributed by atoms with Crippen molar-refractivity contribution in [2.75, 3.05) is 5.43 Å². The van der Waals surface area contributed by atoms with Gasteiger partial charge in [0.1, 0.15) is 5.82 Å². The minimum absolute atomic E-state index is 0.00475. The first-order valence-corrected chi connectivity index (χ1v) is 7.01. The van der Waals surface area contributed by atoms with Gasteiger partial charge in [-0.25, -0.2) is 10.8 Å². The van der Waals surface area contributed by atoms with E-state index in [-0.39, 0.29) is 5.91 Å². The second-order valence-corrected chi connectivity index (χ2v) is 6.06. The monoisotopic (exact) mass is 258 g/mol. The largest absolute Gasteiger partial charge is 0.349 e. The van der Waals surface area contributed by atoms with Gasteiger partial charge in [-0.3, -0.25) is 4.79 Å². The summed E-state index contributed by atoms with van der Waals surface area (Å²) in [6.45, 7) is 0. The van der Waals surface area contributed by atoms with E-state index < -0.39 is 0 Å². The highest BCUT2D eigenvalue weighted by Gasteiger charge is 2.65. The van der Waals surface area contributed by atoms with E-state index in [2.05, 4.69) is 15.7 Å². The lowest BCUT2D eigenvalue weighted by Gasteiger charge is -2.10. The van der Waals surface area contributed by atoms with Gasteiger partial charge in [0.2, 0.25) is 0 Å². The van der Waals surface area contributed by atoms with E-state index in [1.54, 1.807) is 18.3 Å². The average Bonchev–Trinajstić information content (AvgIpc) is 2.85. The maximum Gasteiger partial charge on any atom is 0.253 e. The highest BCUT2D eigenvalue weighted by atomic mass is 16.1. The molecule has 19 heavy (non-hydrogen) atoms. The lowest BCUT2D eigenvalue weighted by Crippen LogP contribution is -2.30. The molecule has 4 atom stereocenters. The molecule has 3 saturated carbocycles. The summed E-state index contributed by atoms with van der Waals surface area (Å²) in [5.41, 5.74) is 3.06. The van der Waals surface area contributed by atoms with Crippen molar-refractivity contribution < 1.29 is 4.79 Å². The van der Waals surface area contributed by atoms with E-state index in [4.69, 9.17) is 5.84 Å². The standard InChI is InChI=1S/C14H18N4O/c15-18-10-4-3-9(6-16-10)14(19)17-13-11-7-1-2-8(5-7)12(11)13/h3-4,6-8,11-13H,1-2,5,15H2,(H,16,18)(H,17,19). The van der Waals surface area contributed by atoms with Gasteiger partial charge in [0, 0.05) is 12.2 Å². The lowest BCUT2D eigenvalue weighted by molar-refractivity contribution is 0.0944. The molecule has 0 aromatic carbocycles. The van der Waals surface area contributed by atoms with Crippen LogP contribution >= 0.6 is 0 Å². The molecule has 5 nitrogen and oxygen atoms in total. The zero-order chi connectivity index (χ0) is 13.0. The predicted octanol–water partition coefficient (Wildman–Crippen LogP) is 1.14. The van der Waals surface area contributed by atoms with E-state index >= 15 is 0 Å². The molecule has 3 aliphatic carbocycles. The van der Waals surface area contributed by atoms with E-state index in [0.717, 1.165) is 23.7 Å². The number of anilines is 1.